The van der Waals surface area contributed by atoms with Crippen LogP contribution < -0.4 is 4.74 Å². The standard InChI is InChI=1S/C23H27N5O2S/c1-3-30-20-9-7-19(8-10-20)28-22(18-11-13-24-14-12-18)25-26-23(28)31-16-21(29)27-15-5-4-6-17(27)2/h7-14,17H,3-6,15-16H2,1-2H3/t17-/m1/s1. The Balaban J connectivity index is 1.61. The summed E-state index contributed by atoms with van der Waals surface area (Å²) in [6.45, 7) is 5.55. The predicted molar refractivity (Wildman–Crippen MR) is 122 cm³/mol. The highest BCUT2D eigenvalue weighted by Gasteiger charge is 2.24. The molecule has 3 aromatic rings. The first-order valence-corrected chi connectivity index (χ1v) is 11.7. The number of carbonyl (C=O) groups excluding carboxylic acids is 1. The van der Waals surface area contributed by atoms with Crippen molar-refractivity contribution in [2.45, 2.75) is 44.3 Å². The number of likely N-dealkylation sites (tertiary alicyclic amines) is 1. The number of aromatic nitrogens is 4. The van der Waals surface area contributed by atoms with Crippen LogP contribution >= 0.6 is 11.8 Å². The molecule has 7 nitrogen and oxygen atoms in total. The Hall–Kier alpha value is -2.87. The molecule has 0 N–H and O–H groups in total. The summed E-state index contributed by atoms with van der Waals surface area (Å²) in [5.74, 6) is 2.03. The molecule has 0 radical (unpaired) electrons. The number of hydrogen-bond acceptors (Lipinski definition) is 6. The molecule has 1 aliphatic rings. The summed E-state index contributed by atoms with van der Waals surface area (Å²) in [5, 5.41) is 9.54. The van der Waals surface area contributed by atoms with Crippen molar-refractivity contribution in [3.05, 3.63) is 48.8 Å². The Kier molecular flexibility index (Phi) is 6.86. The second-order valence-corrected chi connectivity index (χ2v) is 8.47. The molecule has 31 heavy (non-hydrogen) atoms. The fourth-order valence-corrected chi connectivity index (χ4v) is 4.66. The second-order valence-electron chi connectivity index (χ2n) is 7.53. The van der Waals surface area contributed by atoms with Crippen LogP contribution in [0.5, 0.6) is 5.75 Å². The van der Waals surface area contributed by atoms with Gasteiger partial charge in [-0.05, 0) is 69.5 Å². The second kappa shape index (κ2) is 9.96. The van der Waals surface area contributed by atoms with E-state index in [1.54, 1.807) is 12.4 Å². The Morgan fingerprint density at radius 1 is 1.13 bits per heavy atom. The van der Waals surface area contributed by atoms with Gasteiger partial charge in [-0.25, -0.2) is 0 Å². The van der Waals surface area contributed by atoms with Gasteiger partial charge in [0.15, 0.2) is 11.0 Å². The SMILES string of the molecule is CCOc1ccc(-n2c(SCC(=O)N3CCCC[C@H]3C)nnc2-c2ccncc2)cc1. The first-order chi connectivity index (χ1) is 15.2. The highest BCUT2D eigenvalue weighted by atomic mass is 32.2. The Morgan fingerprint density at radius 2 is 1.90 bits per heavy atom. The zero-order valence-electron chi connectivity index (χ0n) is 17.9. The van der Waals surface area contributed by atoms with Crippen LogP contribution in [0, 0.1) is 0 Å². The van der Waals surface area contributed by atoms with Crippen LogP contribution in [0.1, 0.15) is 33.1 Å². The smallest absolute Gasteiger partial charge is 0.233 e. The molecular weight excluding hydrogens is 410 g/mol. The number of nitrogens with zero attached hydrogens (tertiary/aromatic N) is 5. The molecule has 2 aromatic heterocycles. The van der Waals surface area contributed by atoms with E-state index in [4.69, 9.17) is 4.74 Å². The zero-order valence-corrected chi connectivity index (χ0v) is 18.7. The Bertz CT molecular complexity index is 1010. The first-order valence-electron chi connectivity index (χ1n) is 10.7. The van der Waals surface area contributed by atoms with Crippen molar-refractivity contribution >= 4 is 17.7 Å². The van der Waals surface area contributed by atoms with Crippen molar-refractivity contribution in [1.82, 2.24) is 24.6 Å². The van der Waals surface area contributed by atoms with E-state index in [-0.39, 0.29) is 5.91 Å². The predicted octanol–water partition coefficient (Wildman–Crippen LogP) is 4.22. The minimum Gasteiger partial charge on any atom is -0.494 e. The Morgan fingerprint density at radius 3 is 2.61 bits per heavy atom. The lowest BCUT2D eigenvalue weighted by molar-refractivity contribution is -0.131. The van der Waals surface area contributed by atoms with Gasteiger partial charge >= 0.3 is 0 Å². The molecule has 0 aliphatic carbocycles. The molecular formula is C23H27N5O2S. The van der Waals surface area contributed by atoms with Crippen molar-refractivity contribution in [2.24, 2.45) is 0 Å². The first kappa shape index (κ1) is 21.4. The van der Waals surface area contributed by atoms with E-state index >= 15 is 0 Å². The molecule has 1 aliphatic heterocycles. The number of thioether (sulfide) groups is 1. The number of amides is 1. The topological polar surface area (TPSA) is 73.1 Å². The summed E-state index contributed by atoms with van der Waals surface area (Å²) in [6.07, 6.45) is 6.82. The maximum absolute atomic E-state index is 12.8. The molecule has 1 amide bonds. The van der Waals surface area contributed by atoms with Crippen LogP contribution in [0.15, 0.2) is 53.9 Å². The van der Waals surface area contributed by atoms with Gasteiger partial charge in [0.2, 0.25) is 5.91 Å². The average Bonchev–Trinajstić information content (AvgIpc) is 3.23. The van der Waals surface area contributed by atoms with E-state index in [1.165, 1.54) is 18.2 Å². The normalized spacial score (nSPS) is 16.3. The van der Waals surface area contributed by atoms with Crippen molar-refractivity contribution in [3.63, 3.8) is 0 Å². The van der Waals surface area contributed by atoms with E-state index in [9.17, 15) is 4.79 Å². The number of hydrogen-bond donors (Lipinski definition) is 0. The fraction of sp³-hybridized carbons (Fsp3) is 0.391. The van der Waals surface area contributed by atoms with Gasteiger partial charge in [0.1, 0.15) is 5.75 Å². The average molecular weight is 438 g/mol. The molecule has 162 valence electrons. The highest BCUT2D eigenvalue weighted by Crippen LogP contribution is 2.29. The molecule has 0 spiro atoms. The molecule has 1 atom stereocenters. The highest BCUT2D eigenvalue weighted by molar-refractivity contribution is 7.99. The fourth-order valence-electron chi connectivity index (χ4n) is 3.82. The number of carbonyl (C=O) groups is 1. The van der Waals surface area contributed by atoms with E-state index < -0.39 is 0 Å². The summed E-state index contributed by atoms with van der Waals surface area (Å²) >= 11 is 1.43. The van der Waals surface area contributed by atoms with E-state index in [0.717, 1.165) is 36.4 Å². The van der Waals surface area contributed by atoms with E-state index in [2.05, 4.69) is 22.1 Å². The van der Waals surface area contributed by atoms with E-state index in [0.29, 0.717) is 29.4 Å². The minimum absolute atomic E-state index is 0.156. The molecule has 8 heteroatoms. The number of pyridine rings is 1. The minimum atomic E-state index is 0.156. The molecule has 1 aromatic carbocycles. The van der Waals surface area contributed by atoms with Crippen molar-refractivity contribution in [2.75, 3.05) is 18.9 Å². The number of piperidine rings is 1. The largest absolute Gasteiger partial charge is 0.494 e. The van der Waals surface area contributed by atoms with Crippen LogP contribution in [-0.2, 0) is 4.79 Å². The maximum atomic E-state index is 12.8. The third-order valence-electron chi connectivity index (χ3n) is 5.43. The van der Waals surface area contributed by atoms with E-state index in [1.807, 2.05) is 52.8 Å². The lowest BCUT2D eigenvalue weighted by Crippen LogP contribution is -2.42. The van der Waals surface area contributed by atoms with Crippen LogP contribution in [0.25, 0.3) is 17.1 Å². The molecule has 0 unspecified atom stereocenters. The third-order valence-corrected chi connectivity index (χ3v) is 6.34. The van der Waals surface area contributed by atoms with Gasteiger partial charge in [-0.15, -0.1) is 10.2 Å². The van der Waals surface area contributed by atoms with Crippen molar-refractivity contribution in [3.8, 4) is 22.8 Å². The summed E-state index contributed by atoms with van der Waals surface area (Å²) in [7, 11) is 0. The van der Waals surface area contributed by atoms with Crippen LogP contribution in [0.3, 0.4) is 0 Å². The summed E-state index contributed by atoms with van der Waals surface area (Å²) < 4.78 is 7.56. The van der Waals surface area contributed by atoms with Gasteiger partial charge in [-0.3, -0.25) is 14.3 Å². The molecule has 3 heterocycles. The van der Waals surface area contributed by atoms with Crippen molar-refractivity contribution < 1.29 is 9.53 Å². The van der Waals surface area contributed by atoms with Crippen LogP contribution in [-0.4, -0.2) is 55.5 Å². The van der Waals surface area contributed by atoms with Gasteiger partial charge in [-0.2, -0.15) is 0 Å². The van der Waals surface area contributed by atoms with Gasteiger partial charge in [-0.1, -0.05) is 11.8 Å². The summed E-state index contributed by atoms with van der Waals surface area (Å²) in [6, 6.07) is 12.0. The number of benzene rings is 1. The Labute approximate surface area is 186 Å². The molecule has 1 fully saturated rings. The summed E-state index contributed by atoms with van der Waals surface area (Å²) in [5.41, 5.74) is 1.83. The van der Waals surface area contributed by atoms with Crippen LogP contribution in [0.2, 0.25) is 0 Å². The molecule has 4 rings (SSSR count). The third kappa shape index (κ3) is 4.90. The van der Waals surface area contributed by atoms with Gasteiger partial charge in [0, 0.05) is 36.2 Å². The molecule has 0 saturated carbocycles. The zero-order chi connectivity index (χ0) is 21.6. The number of rotatable bonds is 7. The summed E-state index contributed by atoms with van der Waals surface area (Å²) in [4.78, 5) is 18.9. The van der Waals surface area contributed by atoms with Gasteiger partial charge in [0.25, 0.3) is 0 Å². The lowest BCUT2D eigenvalue weighted by atomic mass is 10.0. The quantitative estimate of drug-likeness (QED) is 0.515. The maximum Gasteiger partial charge on any atom is 0.233 e. The van der Waals surface area contributed by atoms with Crippen molar-refractivity contribution in [1.29, 1.82) is 0 Å². The monoisotopic (exact) mass is 437 g/mol. The molecule has 1 saturated heterocycles. The van der Waals surface area contributed by atoms with Crippen LogP contribution in [0.4, 0.5) is 0 Å². The molecule has 0 bridgehead atoms. The number of ether oxygens (including phenoxy) is 1. The van der Waals surface area contributed by atoms with Gasteiger partial charge in [0.05, 0.1) is 12.4 Å². The lowest BCUT2D eigenvalue weighted by Gasteiger charge is -2.33. The van der Waals surface area contributed by atoms with Gasteiger partial charge < -0.3 is 9.64 Å².